The smallest absolute Gasteiger partial charge is 0.460 e. The van der Waals surface area contributed by atoms with Crippen LogP contribution in [0.2, 0.25) is 0 Å². The third-order valence-corrected chi connectivity index (χ3v) is 8.04. The predicted molar refractivity (Wildman–Crippen MR) is 122 cm³/mol. The molecule has 0 amide bonds. The second-order valence-electron chi connectivity index (χ2n) is 7.86. The summed E-state index contributed by atoms with van der Waals surface area (Å²) in [5.74, 6) is -14.8. The second-order valence-corrected chi connectivity index (χ2v) is 11.3. The number of benzene rings is 3. The van der Waals surface area contributed by atoms with Crippen LogP contribution in [0.5, 0.6) is 0 Å². The van der Waals surface area contributed by atoms with Crippen LogP contribution in [0.3, 0.4) is 0 Å². The van der Waals surface area contributed by atoms with Crippen LogP contribution in [0.15, 0.2) is 93.5 Å². The van der Waals surface area contributed by atoms with E-state index in [0.29, 0.717) is 0 Å². The molecule has 0 aliphatic carbocycles. The van der Waals surface area contributed by atoms with Crippen molar-refractivity contribution in [1.82, 2.24) is 0 Å². The lowest BCUT2D eigenvalue weighted by Gasteiger charge is -2.34. The van der Waals surface area contributed by atoms with Gasteiger partial charge in [0.25, 0.3) is 0 Å². The quantitative estimate of drug-likeness (QED) is 0.171. The molecule has 3 rings (SSSR count). The van der Waals surface area contributed by atoms with Crippen LogP contribution in [0.4, 0.5) is 39.5 Å². The van der Waals surface area contributed by atoms with Gasteiger partial charge in [-0.1, -0.05) is 53.6 Å². The van der Waals surface area contributed by atoms with E-state index in [9.17, 15) is 52.5 Å². The van der Waals surface area contributed by atoms with Crippen LogP contribution < -0.4 is 0 Å². The van der Waals surface area contributed by atoms with Crippen LogP contribution >= 0.6 is 0 Å². The highest BCUT2D eigenvalue weighted by Gasteiger charge is 2.83. The number of aryl methyl sites for hydroxylation is 2. The van der Waals surface area contributed by atoms with E-state index in [1.165, 1.54) is 25.8 Å². The average molecular weight is 591 g/mol. The molecule has 0 N–H and O–H groups in total. The number of rotatable bonds is 6. The monoisotopic (exact) mass is 590 g/mol. The first kappa shape index (κ1) is 31.5. The maximum atomic E-state index is 12.2. The highest BCUT2D eigenvalue weighted by atomic mass is 32.2. The minimum atomic E-state index is -7.43. The lowest BCUT2D eigenvalue weighted by atomic mass is 10.1. The minimum absolute atomic E-state index is 0.0312. The molecule has 3 aromatic rings. The van der Waals surface area contributed by atoms with Crippen LogP contribution in [-0.4, -0.2) is 36.2 Å². The highest BCUT2D eigenvalue weighted by Crippen LogP contribution is 2.54. The molecule has 0 radical (unpaired) electrons. The molecule has 0 unspecified atom stereocenters. The Kier molecular flexibility index (Phi) is 9.27. The van der Waals surface area contributed by atoms with Gasteiger partial charge in [0.05, 0.1) is 10.9 Å². The molecular formula is C24H19F9O3S2. The molecule has 0 atom stereocenters. The van der Waals surface area contributed by atoms with E-state index in [4.69, 9.17) is 0 Å². The molecule has 0 fully saturated rings. The summed E-state index contributed by atoms with van der Waals surface area (Å²) in [7, 11) is -7.45. The fourth-order valence-corrected chi connectivity index (χ4v) is 5.34. The van der Waals surface area contributed by atoms with Gasteiger partial charge in [-0.25, -0.2) is 8.42 Å². The molecule has 38 heavy (non-hydrogen) atoms. The second kappa shape index (κ2) is 11.2. The van der Waals surface area contributed by atoms with Gasteiger partial charge >= 0.3 is 23.3 Å². The number of hydrogen-bond acceptors (Lipinski definition) is 3. The molecular weight excluding hydrogens is 571 g/mol. The van der Waals surface area contributed by atoms with E-state index in [2.05, 4.69) is 92.7 Å². The van der Waals surface area contributed by atoms with Crippen molar-refractivity contribution in [3.05, 3.63) is 90.0 Å². The number of halogens is 9. The van der Waals surface area contributed by atoms with Crippen molar-refractivity contribution in [2.75, 3.05) is 0 Å². The Balaban J connectivity index is 0.000000275. The minimum Gasteiger partial charge on any atom is -0.743 e. The largest absolute Gasteiger partial charge is 0.743 e. The zero-order valence-corrected chi connectivity index (χ0v) is 21.1. The van der Waals surface area contributed by atoms with Crippen molar-refractivity contribution in [3.63, 3.8) is 0 Å². The van der Waals surface area contributed by atoms with Crippen molar-refractivity contribution in [3.8, 4) is 0 Å². The van der Waals surface area contributed by atoms with Crippen molar-refractivity contribution < 1.29 is 52.5 Å². The van der Waals surface area contributed by atoms with Crippen molar-refractivity contribution in [1.29, 1.82) is 0 Å². The van der Waals surface area contributed by atoms with E-state index in [-0.39, 0.29) is 10.9 Å². The van der Waals surface area contributed by atoms with Gasteiger partial charge < -0.3 is 4.55 Å². The first-order valence-corrected chi connectivity index (χ1v) is 13.0. The maximum Gasteiger partial charge on any atom is 0.460 e. The third kappa shape index (κ3) is 6.46. The molecule has 0 saturated heterocycles. The Morgan fingerprint density at radius 2 is 0.921 bits per heavy atom. The van der Waals surface area contributed by atoms with E-state index < -0.39 is 33.4 Å². The normalized spacial score (nSPS) is 13.2. The molecule has 0 saturated carbocycles. The molecule has 0 spiro atoms. The third-order valence-electron chi connectivity index (χ3n) is 4.92. The van der Waals surface area contributed by atoms with Crippen molar-refractivity contribution in [2.24, 2.45) is 0 Å². The Morgan fingerprint density at radius 1 is 0.579 bits per heavy atom. The predicted octanol–water partition coefficient (Wildman–Crippen LogP) is 7.36. The fraction of sp³-hybridized carbons (Fsp3) is 0.250. The Labute approximate surface area is 215 Å². The fourth-order valence-electron chi connectivity index (χ4n) is 2.83. The molecule has 0 heterocycles. The number of hydrogen-bond donors (Lipinski definition) is 0. The van der Waals surface area contributed by atoms with Gasteiger partial charge in [0.2, 0.25) is 0 Å². The van der Waals surface area contributed by atoms with Gasteiger partial charge in [0.1, 0.15) is 0 Å². The first-order valence-electron chi connectivity index (χ1n) is 10.3. The number of alkyl halides is 9. The summed E-state index contributed by atoms with van der Waals surface area (Å²) in [4.78, 5) is 4.11. The van der Waals surface area contributed by atoms with Crippen LogP contribution in [0, 0.1) is 13.8 Å². The summed E-state index contributed by atoms with van der Waals surface area (Å²) in [6, 6.07) is 28.6. The maximum absolute atomic E-state index is 12.2. The van der Waals surface area contributed by atoms with Gasteiger partial charge in [0, 0.05) is 0 Å². The Bertz CT molecular complexity index is 1260. The Hall–Kier alpha value is -2.71. The topological polar surface area (TPSA) is 57.2 Å². The van der Waals surface area contributed by atoms with E-state index >= 15 is 0 Å². The molecule has 3 nitrogen and oxygen atoms in total. The zero-order chi connectivity index (χ0) is 29.2. The van der Waals surface area contributed by atoms with Gasteiger partial charge in [-0.3, -0.25) is 0 Å². The summed E-state index contributed by atoms with van der Waals surface area (Å²) in [6.07, 6.45) is -7.16. The molecule has 208 valence electrons. The zero-order valence-electron chi connectivity index (χ0n) is 19.4. The average Bonchev–Trinajstić information content (AvgIpc) is 2.81. The van der Waals surface area contributed by atoms with Gasteiger partial charge in [-0.2, -0.15) is 39.5 Å². The molecule has 0 aliphatic heterocycles. The van der Waals surface area contributed by atoms with E-state index in [1.54, 1.807) is 0 Å². The lowest BCUT2D eigenvalue weighted by Crippen LogP contribution is -2.63. The van der Waals surface area contributed by atoms with Crippen molar-refractivity contribution >= 4 is 21.0 Å². The van der Waals surface area contributed by atoms with Crippen molar-refractivity contribution in [2.45, 2.75) is 51.8 Å². The standard InChI is InChI=1S/C20H19S.C4HF9O3S/c1-16-8-12-19(13-9-16)21(18-6-4-3-5-7-18)20-14-10-17(2)11-15-20;5-1(6,3(9,10)11)2(7,8)4(12,13)17(14,15)16/h3-15H,1-2H3;(H,14,15,16)/q+1;/p-1. The summed E-state index contributed by atoms with van der Waals surface area (Å²) in [5, 5.41) is -7.11. The Morgan fingerprint density at radius 3 is 1.24 bits per heavy atom. The molecule has 14 heteroatoms. The SMILES string of the molecule is Cc1ccc([S+](c2ccccc2)c2ccc(C)cc2)cc1.O=S(=O)([O-])C(F)(F)C(F)(F)C(F)(F)C(F)(F)F. The van der Waals surface area contributed by atoms with Gasteiger partial charge in [-0.05, 0) is 50.2 Å². The van der Waals surface area contributed by atoms with Crippen LogP contribution in [-0.2, 0) is 21.0 Å². The van der Waals surface area contributed by atoms with Crippen LogP contribution in [0.25, 0.3) is 0 Å². The summed E-state index contributed by atoms with van der Waals surface area (Å²) < 4.78 is 135. The van der Waals surface area contributed by atoms with E-state index in [0.717, 1.165) is 0 Å². The molecule has 0 aromatic heterocycles. The molecule has 0 aliphatic rings. The van der Waals surface area contributed by atoms with E-state index in [1.807, 2.05) is 0 Å². The summed E-state index contributed by atoms with van der Waals surface area (Å²) in [6.45, 7) is 4.27. The van der Waals surface area contributed by atoms with Gasteiger partial charge in [-0.15, -0.1) is 0 Å². The van der Waals surface area contributed by atoms with Gasteiger partial charge in [0.15, 0.2) is 24.8 Å². The summed E-state index contributed by atoms with van der Waals surface area (Å²) in [5.41, 5.74) is 2.61. The summed E-state index contributed by atoms with van der Waals surface area (Å²) >= 11 is 0. The van der Waals surface area contributed by atoms with Crippen LogP contribution in [0.1, 0.15) is 11.1 Å². The molecule has 0 bridgehead atoms. The highest BCUT2D eigenvalue weighted by molar-refractivity contribution is 7.97. The lowest BCUT2D eigenvalue weighted by molar-refractivity contribution is -0.382. The first-order chi connectivity index (χ1) is 17.2. The molecule has 3 aromatic carbocycles.